The van der Waals surface area contributed by atoms with Crippen molar-refractivity contribution in [2.45, 2.75) is 12.8 Å². The van der Waals surface area contributed by atoms with Gasteiger partial charge in [-0.2, -0.15) is 0 Å². The molecule has 3 rings (SSSR count). The fourth-order valence-corrected chi connectivity index (χ4v) is 1.79. The molecule has 14 heavy (non-hydrogen) atoms. The molecule has 0 atom stereocenters. The van der Waals surface area contributed by atoms with Gasteiger partial charge < -0.3 is 0 Å². The molecule has 2 aromatic heterocycles. The summed E-state index contributed by atoms with van der Waals surface area (Å²) in [6, 6.07) is 4.25. The van der Waals surface area contributed by atoms with Crippen LogP contribution >= 0.6 is 0 Å². The van der Waals surface area contributed by atoms with Crippen LogP contribution in [-0.4, -0.2) is 15.0 Å². The van der Waals surface area contributed by atoms with Crippen molar-refractivity contribution in [2.24, 2.45) is 0 Å². The van der Waals surface area contributed by atoms with Gasteiger partial charge >= 0.3 is 0 Å². The standard InChI is InChI=1S/C11H9N3/c1-8-2-10-4-11(14-7-13-10)3-9(1)6-12-5-8/h1,4-7H,2-3H2. The Morgan fingerprint density at radius 3 is 2.14 bits per heavy atom. The van der Waals surface area contributed by atoms with E-state index in [9.17, 15) is 0 Å². The predicted octanol–water partition coefficient (Wildman–Crippen LogP) is 1.37. The molecule has 0 saturated heterocycles. The number of pyridine rings is 1. The van der Waals surface area contributed by atoms with Crippen molar-refractivity contribution in [1.29, 1.82) is 0 Å². The molecule has 68 valence electrons. The maximum absolute atomic E-state index is 4.23. The van der Waals surface area contributed by atoms with Gasteiger partial charge in [0.05, 0.1) is 0 Å². The van der Waals surface area contributed by atoms with Crippen LogP contribution in [0.4, 0.5) is 0 Å². The third kappa shape index (κ3) is 1.27. The first-order chi connectivity index (χ1) is 6.90. The minimum Gasteiger partial charge on any atom is -0.264 e. The minimum absolute atomic E-state index is 0.857. The Balaban J connectivity index is 2.17. The zero-order valence-electron chi connectivity index (χ0n) is 7.64. The molecule has 1 aliphatic rings. The lowest BCUT2D eigenvalue weighted by Gasteiger charge is -2.09. The van der Waals surface area contributed by atoms with Crippen molar-refractivity contribution in [1.82, 2.24) is 15.0 Å². The molecule has 3 nitrogen and oxygen atoms in total. The summed E-state index contributed by atoms with van der Waals surface area (Å²) in [5, 5.41) is 0. The van der Waals surface area contributed by atoms with E-state index in [1.54, 1.807) is 6.33 Å². The summed E-state index contributed by atoms with van der Waals surface area (Å²) in [7, 11) is 0. The highest BCUT2D eigenvalue weighted by Crippen LogP contribution is 2.15. The van der Waals surface area contributed by atoms with Crippen LogP contribution in [0.25, 0.3) is 0 Å². The molecule has 1 aliphatic carbocycles. The summed E-state index contributed by atoms with van der Waals surface area (Å²) >= 11 is 0. The lowest BCUT2D eigenvalue weighted by Crippen LogP contribution is -2.03. The number of nitrogens with zero attached hydrogens (tertiary/aromatic N) is 3. The summed E-state index contributed by atoms with van der Waals surface area (Å²) in [6.45, 7) is 0. The van der Waals surface area contributed by atoms with Crippen LogP contribution in [-0.2, 0) is 12.8 Å². The van der Waals surface area contributed by atoms with E-state index in [4.69, 9.17) is 0 Å². The van der Waals surface area contributed by atoms with Gasteiger partial charge in [-0.25, -0.2) is 9.97 Å². The Morgan fingerprint density at radius 1 is 0.857 bits per heavy atom. The molecule has 3 heteroatoms. The van der Waals surface area contributed by atoms with Crippen LogP contribution in [0.2, 0.25) is 0 Å². The Hall–Kier alpha value is -1.77. The number of rotatable bonds is 0. The number of fused-ring (bicyclic) bond motifs is 4. The van der Waals surface area contributed by atoms with E-state index in [1.807, 2.05) is 12.4 Å². The Labute approximate surface area is 81.9 Å². The lowest BCUT2D eigenvalue weighted by molar-refractivity contribution is 0.932. The van der Waals surface area contributed by atoms with E-state index in [2.05, 4.69) is 27.1 Å². The Bertz CT molecular complexity index is 399. The molecular weight excluding hydrogens is 174 g/mol. The van der Waals surface area contributed by atoms with Crippen molar-refractivity contribution >= 4 is 0 Å². The summed E-state index contributed by atoms with van der Waals surface area (Å²) in [5.74, 6) is 0. The van der Waals surface area contributed by atoms with Crippen LogP contribution in [0.5, 0.6) is 0 Å². The fourth-order valence-electron chi connectivity index (χ4n) is 1.79. The van der Waals surface area contributed by atoms with E-state index in [0.717, 1.165) is 24.2 Å². The minimum atomic E-state index is 0.857. The first-order valence-electron chi connectivity index (χ1n) is 4.63. The average Bonchev–Trinajstić information content (AvgIpc) is 2.17. The molecule has 0 saturated carbocycles. The van der Waals surface area contributed by atoms with Gasteiger partial charge in [0.1, 0.15) is 6.33 Å². The molecule has 4 bridgehead atoms. The first kappa shape index (κ1) is 7.62. The number of aromatic nitrogens is 3. The topological polar surface area (TPSA) is 38.7 Å². The van der Waals surface area contributed by atoms with E-state index in [0.29, 0.717) is 0 Å². The van der Waals surface area contributed by atoms with Crippen molar-refractivity contribution in [3.05, 3.63) is 53.4 Å². The van der Waals surface area contributed by atoms with Gasteiger partial charge in [-0.3, -0.25) is 4.98 Å². The van der Waals surface area contributed by atoms with E-state index < -0.39 is 0 Å². The summed E-state index contributed by atoms with van der Waals surface area (Å²) in [4.78, 5) is 12.7. The highest BCUT2D eigenvalue weighted by Gasteiger charge is 2.07. The maximum Gasteiger partial charge on any atom is 0.115 e. The van der Waals surface area contributed by atoms with E-state index in [1.165, 1.54) is 11.1 Å². The summed E-state index contributed by atoms with van der Waals surface area (Å²) in [5.41, 5.74) is 4.61. The zero-order chi connectivity index (χ0) is 9.38. The van der Waals surface area contributed by atoms with Gasteiger partial charge in [-0.05, 0) is 17.2 Å². The Kier molecular flexibility index (Phi) is 1.56. The van der Waals surface area contributed by atoms with Crippen LogP contribution < -0.4 is 0 Å². The molecule has 0 spiro atoms. The van der Waals surface area contributed by atoms with Crippen molar-refractivity contribution < 1.29 is 0 Å². The molecule has 2 heterocycles. The van der Waals surface area contributed by atoms with Crippen molar-refractivity contribution in [2.75, 3.05) is 0 Å². The first-order valence-corrected chi connectivity index (χ1v) is 4.63. The second-order valence-corrected chi connectivity index (χ2v) is 3.56. The molecule has 0 aromatic carbocycles. The Morgan fingerprint density at radius 2 is 1.50 bits per heavy atom. The second kappa shape index (κ2) is 2.87. The summed E-state index contributed by atoms with van der Waals surface area (Å²) in [6.07, 6.45) is 7.16. The van der Waals surface area contributed by atoms with Crippen molar-refractivity contribution in [3.8, 4) is 0 Å². The molecule has 0 unspecified atom stereocenters. The third-order valence-electron chi connectivity index (χ3n) is 2.40. The smallest absolute Gasteiger partial charge is 0.115 e. The monoisotopic (exact) mass is 183 g/mol. The zero-order valence-corrected chi connectivity index (χ0v) is 7.64. The van der Waals surface area contributed by atoms with Gasteiger partial charge in [0.2, 0.25) is 0 Å². The fraction of sp³-hybridized carbons (Fsp3) is 0.182. The van der Waals surface area contributed by atoms with E-state index in [-0.39, 0.29) is 0 Å². The second-order valence-electron chi connectivity index (χ2n) is 3.56. The predicted molar refractivity (Wildman–Crippen MR) is 51.9 cm³/mol. The lowest BCUT2D eigenvalue weighted by atomic mass is 10.0. The van der Waals surface area contributed by atoms with Crippen LogP contribution in [0.1, 0.15) is 22.5 Å². The molecule has 2 aromatic rings. The molecule has 0 fully saturated rings. The van der Waals surface area contributed by atoms with Crippen LogP contribution in [0.3, 0.4) is 0 Å². The molecule has 0 N–H and O–H groups in total. The van der Waals surface area contributed by atoms with E-state index >= 15 is 0 Å². The normalized spacial score (nSPS) is 13.1. The van der Waals surface area contributed by atoms with Crippen molar-refractivity contribution in [3.63, 3.8) is 0 Å². The molecule has 0 amide bonds. The third-order valence-corrected chi connectivity index (χ3v) is 2.40. The number of hydrogen-bond acceptors (Lipinski definition) is 3. The van der Waals surface area contributed by atoms with Gasteiger partial charge in [0, 0.05) is 36.6 Å². The van der Waals surface area contributed by atoms with Gasteiger partial charge in [-0.1, -0.05) is 6.07 Å². The average molecular weight is 183 g/mol. The quantitative estimate of drug-likeness (QED) is 0.528. The molecule has 0 aliphatic heterocycles. The molecule has 0 radical (unpaired) electrons. The summed E-state index contributed by atoms with van der Waals surface area (Å²) < 4.78 is 0. The number of hydrogen-bond donors (Lipinski definition) is 0. The maximum atomic E-state index is 4.23. The molecular formula is C11H9N3. The van der Waals surface area contributed by atoms with Crippen LogP contribution in [0, 0.1) is 0 Å². The highest BCUT2D eigenvalue weighted by molar-refractivity contribution is 5.29. The van der Waals surface area contributed by atoms with Gasteiger partial charge in [0.15, 0.2) is 0 Å². The largest absolute Gasteiger partial charge is 0.264 e. The van der Waals surface area contributed by atoms with Gasteiger partial charge in [0.25, 0.3) is 0 Å². The SMILES string of the molecule is c1nc2cc(n1)Cc1cncc(c1)C2. The highest BCUT2D eigenvalue weighted by atomic mass is 14.8. The van der Waals surface area contributed by atoms with Gasteiger partial charge in [-0.15, -0.1) is 0 Å². The van der Waals surface area contributed by atoms with Crippen LogP contribution in [0.15, 0.2) is 30.9 Å².